The molecule has 1 saturated heterocycles. The number of hydrogen-bond acceptors (Lipinski definition) is 3. The van der Waals surface area contributed by atoms with Crippen LogP contribution in [0.2, 0.25) is 0 Å². The Labute approximate surface area is 183 Å². The molecule has 0 aromatic heterocycles. The summed E-state index contributed by atoms with van der Waals surface area (Å²) in [6.07, 6.45) is 3.79. The van der Waals surface area contributed by atoms with Gasteiger partial charge in [-0.1, -0.05) is 42.5 Å². The van der Waals surface area contributed by atoms with Gasteiger partial charge >= 0.3 is 0 Å². The van der Waals surface area contributed by atoms with Crippen molar-refractivity contribution in [3.8, 4) is 0 Å². The molecule has 0 N–H and O–H groups in total. The van der Waals surface area contributed by atoms with Crippen LogP contribution >= 0.6 is 0 Å². The van der Waals surface area contributed by atoms with Gasteiger partial charge in [-0.15, -0.1) is 0 Å². The molecule has 2 heterocycles. The number of sulfonamides is 1. The lowest BCUT2D eigenvalue weighted by Crippen LogP contribution is -2.36. The molecule has 0 bridgehead atoms. The predicted octanol–water partition coefficient (Wildman–Crippen LogP) is 4.15. The Morgan fingerprint density at radius 3 is 2.42 bits per heavy atom. The van der Waals surface area contributed by atoms with E-state index in [9.17, 15) is 13.2 Å². The molecule has 0 atom stereocenters. The van der Waals surface area contributed by atoms with Gasteiger partial charge in [0.05, 0.1) is 11.3 Å². The molecule has 3 aromatic rings. The SMILES string of the molecule is O=C(Cc1ccc2ccccc2c1)N1CCCc2cc(S(=O)(=O)N3CCCC3)ccc21. The standard InChI is InChI=1S/C25H26N2O3S/c28-25(17-19-9-10-20-6-1-2-7-21(20)16-19)27-15-5-8-22-18-23(11-12-24(22)27)31(29,30)26-13-3-4-14-26/h1-2,6-7,9-12,16,18H,3-5,8,13-15,17H2. The second kappa shape index (κ2) is 8.09. The summed E-state index contributed by atoms with van der Waals surface area (Å²) in [5.74, 6) is 0.0476. The lowest BCUT2D eigenvalue weighted by atomic mass is 10.00. The van der Waals surface area contributed by atoms with E-state index in [0.29, 0.717) is 31.0 Å². The summed E-state index contributed by atoms with van der Waals surface area (Å²) in [7, 11) is -3.45. The molecule has 1 fully saturated rings. The van der Waals surface area contributed by atoms with Crippen LogP contribution in [0.3, 0.4) is 0 Å². The Morgan fingerprint density at radius 2 is 1.61 bits per heavy atom. The van der Waals surface area contributed by atoms with Crippen LogP contribution < -0.4 is 4.90 Å². The van der Waals surface area contributed by atoms with Crippen molar-refractivity contribution in [3.05, 3.63) is 71.8 Å². The van der Waals surface area contributed by atoms with Gasteiger partial charge < -0.3 is 4.90 Å². The van der Waals surface area contributed by atoms with Crippen molar-refractivity contribution in [1.29, 1.82) is 0 Å². The van der Waals surface area contributed by atoms with E-state index in [-0.39, 0.29) is 5.91 Å². The first-order valence-corrected chi connectivity index (χ1v) is 12.4. The lowest BCUT2D eigenvalue weighted by molar-refractivity contribution is -0.118. The highest BCUT2D eigenvalue weighted by molar-refractivity contribution is 7.89. The molecule has 5 rings (SSSR count). The lowest BCUT2D eigenvalue weighted by Gasteiger charge is -2.30. The van der Waals surface area contributed by atoms with Gasteiger partial charge in [0.1, 0.15) is 0 Å². The van der Waals surface area contributed by atoms with Gasteiger partial charge in [-0.25, -0.2) is 8.42 Å². The normalized spacial score (nSPS) is 17.1. The molecule has 0 radical (unpaired) electrons. The summed E-state index contributed by atoms with van der Waals surface area (Å²) in [6, 6.07) is 19.5. The topological polar surface area (TPSA) is 57.7 Å². The van der Waals surface area contributed by atoms with Gasteiger partial charge in [-0.2, -0.15) is 4.31 Å². The first kappa shape index (κ1) is 20.2. The summed E-state index contributed by atoms with van der Waals surface area (Å²) >= 11 is 0. The van der Waals surface area contributed by atoms with Crippen LogP contribution in [0.25, 0.3) is 10.8 Å². The molecule has 0 unspecified atom stereocenters. The quantitative estimate of drug-likeness (QED) is 0.620. The minimum atomic E-state index is -3.45. The zero-order valence-corrected chi connectivity index (χ0v) is 18.3. The number of anilines is 1. The van der Waals surface area contributed by atoms with Crippen molar-refractivity contribution in [3.63, 3.8) is 0 Å². The van der Waals surface area contributed by atoms with E-state index in [4.69, 9.17) is 0 Å². The van der Waals surface area contributed by atoms with E-state index in [1.54, 1.807) is 16.4 Å². The van der Waals surface area contributed by atoms with Crippen LogP contribution in [-0.4, -0.2) is 38.3 Å². The second-order valence-corrected chi connectivity index (χ2v) is 10.3. The predicted molar refractivity (Wildman–Crippen MR) is 123 cm³/mol. The smallest absolute Gasteiger partial charge is 0.243 e. The molecule has 3 aromatic carbocycles. The Kier molecular flexibility index (Phi) is 5.28. The molecule has 5 nitrogen and oxygen atoms in total. The van der Waals surface area contributed by atoms with Crippen LogP contribution in [0.15, 0.2) is 65.6 Å². The van der Waals surface area contributed by atoms with Crippen LogP contribution in [0.4, 0.5) is 5.69 Å². The van der Waals surface area contributed by atoms with Crippen molar-refractivity contribution >= 4 is 32.4 Å². The van der Waals surface area contributed by atoms with Crippen molar-refractivity contribution in [1.82, 2.24) is 4.31 Å². The van der Waals surface area contributed by atoms with Gasteiger partial charge in [0.2, 0.25) is 15.9 Å². The fraction of sp³-hybridized carbons (Fsp3) is 0.320. The fourth-order valence-electron chi connectivity index (χ4n) is 4.69. The van der Waals surface area contributed by atoms with E-state index in [2.05, 4.69) is 24.3 Å². The number of benzene rings is 3. The summed E-state index contributed by atoms with van der Waals surface area (Å²) in [4.78, 5) is 15.3. The van der Waals surface area contributed by atoms with Crippen LogP contribution in [0.1, 0.15) is 30.4 Å². The van der Waals surface area contributed by atoms with Gasteiger partial charge in [-0.05, 0) is 65.8 Å². The molecule has 31 heavy (non-hydrogen) atoms. The molecule has 6 heteroatoms. The molecular weight excluding hydrogens is 408 g/mol. The number of carbonyl (C=O) groups is 1. The maximum absolute atomic E-state index is 13.2. The third-order valence-corrected chi connectivity index (χ3v) is 8.24. The van der Waals surface area contributed by atoms with E-state index in [0.717, 1.165) is 53.3 Å². The van der Waals surface area contributed by atoms with Crippen LogP contribution in [0, 0.1) is 0 Å². The molecule has 2 aliphatic rings. The third-order valence-electron chi connectivity index (χ3n) is 6.34. The van der Waals surface area contributed by atoms with Crippen LogP contribution in [0.5, 0.6) is 0 Å². The molecule has 1 amide bonds. The number of fused-ring (bicyclic) bond motifs is 2. The number of nitrogens with zero attached hydrogens (tertiary/aromatic N) is 2. The van der Waals surface area contributed by atoms with Crippen molar-refractivity contribution < 1.29 is 13.2 Å². The monoisotopic (exact) mass is 434 g/mol. The largest absolute Gasteiger partial charge is 0.312 e. The Morgan fingerprint density at radius 1 is 0.839 bits per heavy atom. The summed E-state index contributed by atoms with van der Waals surface area (Å²) in [5, 5.41) is 2.29. The number of rotatable bonds is 4. The highest BCUT2D eigenvalue weighted by Gasteiger charge is 2.29. The Hall–Kier alpha value is -2.70. The van der Waals surface area contributed by atoms with E-state index < -0.39 is 10.0 Å². The molecule has 0 aliphatic carbocycles. The Bertz CT molecular complexity index is 1250. The van der Waals surface area contributed by atoms with Crippen LogP contribution in [-0.2, 0) is 27.7 Å². The van der Waals surface area contributed by atoms with Gasteiger partial charge in [0, 0.05) is 25.3 Å². The minimum Gasteiger partial charge on any atom is -0.312 e. The highest BCUT2D eigenvalue weighted by atomic mass is 32.2. The molecular formula is C25H26N2O3S. The van der Waals surface area contributed by atoms with E-state index in [1.807, 2.05) is 29.2 Å². The average molecular weight is 435 g/mol. The number of aryl methyl sites for hydroxylation is 1. The van der Waals surface area contributed by atoms with Crippen molar-refractivity contribution in [2.45, 2.75) is 37.0 Å². The highest BCUT2D eigenvalue weighted by Crippen LogP contribution is 2.32. The average Bonchev–Trinajstić information content (AvgIpc) is 3.34. The van der Waals surface area contributed by atoms with Gasteiger partial charge in [-0.3, -0.25) is 4.79 Å². The minimum absolute atomic E-state index is 0.0476. The molecule has 2 aliphatic heterocycles. The first-order valence-electron chi connectivity index (χ1n) is 10.9. The Balaban J connectivity index is 1.39. The van der Waals surface area contributed by atoms with Crippen molar-refractivity contribution in [2.24, 2.45) is 0 Å². The fourth-order valence-corrected chi connectivity index (χ4v) is 6.26. The number of hydrogen-bond donors (Lipinski definition) is 0. The first-order chi connectivity index (χ1) is 15.0. The maximum Gasteiger partial charge on any atom is 0.243 e. The molecule has 0 saturated carbocycles. The summed E-state index contributed by atoms with van der Waals surface area (Å²) < 4.78 is 27.4. The number of amides is 1. The van der Waals surface area contributed by atoms with Crippen molar-refractivity contribution in [2.75, 3.05) is 24.5 Å². The summed E-state index contributed by atoms with van der Waals surface area (Å²) in [6.45, 7) is 1.85. The van der Waals surface area contributed by atoms with E-state index >= 15 is 0 Å². The second-order valence-electron chi connectivity index (χ2n) is 8.41. The number of carbonyl (C=O) groups excluding carboxylic acids is 1. The molecule has 160 valence electrons. The molecule has 0 spiro atoms. The summed E-state index contributed by atoms with van der Waals surface area (Å²) in [5.41, 5.74) is 2.78. The van der Waals surface area contributed by atoms with Gasteiger partial charge in [0.25, 0.3) is 0 Å². The zero-order chi connectivity index (χ0) is 21.4. The van der Waals surface area contributed by atoms with Gasteiger partial charge in [0.15, 0.2) is 0 Å². The maximum atomic E-state index is 13.2. The van der Waals surface area contributed by atoms with E-state index in [1.165, 1.54) is 0 Å². The zero-order valence-electron chi connectivity index (χ0n) is 17.5. The third kappa shape index (κ3) is 3.86.